The van der Waals surface area contributed by atoms with Crippen molar-refractivity contribution in [1.82, 2.24) is 5.43 Å². The van der Waals surface area contributed by atoms with Gasteiger partial charge in [-0.1, -0.05) is 56.3 Å². The van der Waals surface area contributed by atoms with Crippen molar-refractivity contribution in [1.29, 1.82) is 0 Å². The van der Waals surface area contributed by atoms with E-state index in [0.717, 1.165) is 18.1 Å². The first-order valence-electron chi connectivity index (χ1n) is 7.21. The molecule has 3 N–H and O–H groups in total. The van der Waals surface area contributed by atoms with Crippen LogP contribution in [0, 0.1) is 5.92 Å². The average Bonchev–Trinajstić information content (AvgIpc) is 2.46. The first-order valence-corrected chi connectivity index (χ1v) is 8.36. The lowest BCUT2D eigenvalue weighted by atomic mass is 10.00. The molecule has 0 saturated heterocycles. The minimum atomic E-state index is 0.324. The summed E-state index contributed by atoms with van der Waals surface area (Å²) in [6, 6.07) is 15.4. The summed E-state index contributed by atoms with van der Waals surface area (Å²) in [5.41, 5.74) is 4.34. The summed E-state index contributed by atoms with van der Waals surface area (Å²) in [6.07, 6.45) is 0.975. The average molecular weight is 288 g/mol. The molecule has 20 heavy (non-hydrogen) atoms. The molecule has 2 nitrogen and oxygen atoms in total. The highest BCUT2D eigenvalue weighted by atomic mass is 32.2. The largest absolute Gasteiger partial charge is 0.271 e. The van der Waals surface area contributed by atoms with E-state index >= 15 is 0 Å². The van der Waals surface area contributed by atoms with Gasteiger partial charge in [-0.15, -0.1) is 0 Å². The molecular formula is C17H24N2S. The number of hydrazine groups is 1. The van der Waals surface area contributed by atoms with Gasteiger partial charge in [0.05, 0.1) is 0 Å². The predicted octanol–water partition coefficient (Wildman–Crippen LogP) is 3.60. The van der Waals surface area contributed by atoms with E-state index < -0.39 is 0 Å². The number of rotatable bonds is 7. The lowest BCUT2D eigenvalue weighted by molar-refractivity contribution is 0.576. The van der Waals surface area contributed by atoms with Crippen molar-refractivity contribution in [3.8, 4) is 0 Å². The van der Waals surface area contributed by atoms with Crippen molar-refractivity contribution in [2.75, 3.05) is 11.5 Å². The summed E-state index contributed by atoms with van der Waals surface area (Å²) < 4.78 is 0. The zero-order chi connectivity index (χ0) is 14.4. The fraction of sp³-hybridized carbons (Fsp3) is 0.412. The van der Waals surface area contributed by atoms with E-state index in [0.29, 0.717) is 6.04 Å². The first-order chi connectivity index (χ1) is 9.70. The van der Waals surface area contributed by atoms with Crippen LogP contribution < -0.4 is 11.3 Å². The van der Waals surface area contributed by atoms with Crippen LogP contribution in [0.5, 0.6) is 0 Å². The lowest BCUT2D eigenvalue weighted by Gasteiger charge is -2.17. The highest BCUT2D eigenvalue weighted by Gasteiger charge is 2.10. The highest BCUT2D eigenvalue weighted by molar-refractivity contribution is 7.99. The maximum Gasteiger partial charge on any atom is 0.0341 e. The van der Waals surface area contributed by atoms with Gasteiger partial charge in [-0.2, -0.15) is 11.8 Å². The van der Waals surface area contributed by atoms with E-state index in [1.165, 1.54) is 22.1 Å². The van der Waals surface area contributed by atoms with E-state index in [1.54, 1.807) is 0 Å². The quantitative estimate of drug-likeness (QED) is 0.604. The molecule has 0 spiro atoms. The third-order valence-electron chi connectivity index (χ3n) is 3.35. The molecule has 2 aromatic carbocycles. The molecular weight excluding hydrogens is 264 g/mol. The number of thioether (sulfide) groups is 1. The second kappa shape index (κ2) is 7.67. The smallest absolute Gasteiger partial charge is 0.0341 e. The molecule has 2 aromatic rings. The molecule has 0 fully saturated rings. The van der Waals surface area contributed by atoms with Crippen LogP contribution in [0.1, 0.15) is 19.4 Å². The predicted molar refractivity (Wildman–Crippen MR) is 90.9 cm³/mol. The van der Waals surface area contributed by atoms with Gasteiger partial charge in [0.2, 0.25) is 0 Å². The second-order valence-electron chi connectivity index (χ2n) is 5.64. The van der Waals surface area contributed by atoms with E-state index in [2.05, 4.69) is 61.7 Å². The molecule has 0 bridgehead atoms. The molecule has 3 heteroatoms. The maximum absolute atomic E-state index is 5.72. The Labute approximate surface area is 126 Å². The van der Waals surface area contributed by atoms with Gasteiger partial charge in [0.15, 0.2) is 0 Å². The molecule has 108 valence electrons. The molecule has 0 saturated carbocycles. The zero-order valence-electron chi connectivity index (χ0n) is 12.3. The summed E-state index contributed by atoms with van der Waals surface area (Å²) >= 11 is 1.98. The molecule has 1 unspecified atom stereocenters. The fourth-order valence-electron chi connectivity index (χ4n) is 2.35. The normalized spacial score (nSPS) is 13.0. The van der Waals surface area contributed by atoms with Crippen LogP contribution in [0.2, 0.25) is 0 Å². The Balaban J connectivity index is 2.05. The van der Waals surface area contributed by atoms with Gasteiger partial charge in [-0.25, -0.2) is 0 Å². The van der Waals surface area contributed by atoms with Gasteiger partial charge in [-0.3, -0.25) is 11.3 Å². The number of nitrogens with one attached hydrogen (secondary N) is 1. The lowest BCUT2D eigenvalue weighted by Crippen LogP contribution is -2.38. The van der Waals surface area contributed by atoms with Crippen LogP contribution in [-0.4, -0.2) is 17.5 Å². The van der Waals surface area contributed by atoms with Crippen molar-refractivity contribution in [2.24, 2.45) is 11.8 Å². The SMILES string of the molecule is CC(C)CSCC(Cc1cccc2ccccc12)NN. The molecule has 0 heterocycles. The van der Waals surface area contributed by atoms with Gasteiger partial charge >= 0.3 is 0 Å². The molecule has 1 atom stereocenters. The van der Waals surface area contributed by atoms with Crippen molar-refractivity contribution in [2.45, 2.75) is 26.3 Å². The summed E-state index contributed by atoms with van der Waals surface area (Å²) in [5, 5.41) is 2.64. The van der Waals surface area contributed by atoms with Crippen molar-refractivity contribution >= 4 is 22.5 Å². The minimum Gasteiger partial charge on any atom is -0.271 e. The zero-order valence-corrected chi connectivity index (χ0v) is 13.1. The summed E-state index contributed by atoms with van der Waals surface area (Å²) in [7, 11) is 0. The number of benzene rings is 2. The molecule has 0 aliphatic heterocycles. The van der Waals surface area contributed by atoms with Crippen LogP contribution >= 0.6 is 11.8 Å². The third-order valence-corrected chi connectivity index (χ3v) is 4.89. The molecule has 0 radical (unpaired) electrons. The molecule has 0 amide bonds. The fourth-order valence-corrected chi connectivity index (χ4v) is 3.45. The van der Waals surface area contributed by atoms with Gasteiger partial charge < -0.3 is 0 Å². The van der Waals surface area contributed by atoms with Crippen LogP contribution in [0.25, 0.3) is 10.8 Å². The molecule has 0 aliphatic rings. The van der Waals surface area contributed by atoms with Gasteiger partial charge in [0, 0.05) is 11.8 Å². The summed E-state index contributed by atoms with van der Waals surface area (Å²) in [4.78, 5) is 0. The van der Waals surface area contributed by atoms with E-state index in [4.69, 9.17) is 5.84 Å². The van der Waals surface area contributed by atoms with Gasteiger partial charge in [0.25, 0.3) is 0 Å². The van der Waals surface area contributed by atoms with Crippen molar-refractivity contribution in [3.05, 3.63) is 48.0 Å². The number of hydrogen-bond acceptors (Lipinski definition) is 3. The van der Waals surface area contributed by atoms with Crippen molar-refractivity contribution < 1.29 is 0 Å². The van der Waals surface area contributed by atoms with E-state index in [-0.39, 0.29) is 0 Å². The molecule has 2 rings (SSSR count). The van der Waals surface area contributed by atoms with Crippen LogP contribution in [0.3, 0.4) is 0 Å². The van der Waals surface area contributed by atoms with Crippen molar-refractivity contribution in [3.63, 3.8) is 0 Å². The number of fused-ring (bicyclic) bond motifs is 1. The topological polar surface area (TPSA) is 38.0 Å². The Hall–Kier alpha value is -1.03. The monoisotopic (exact) mass is 288 g/mol. The van der Waals surface area contributed by atoms with Crippen LogP contribution in [0.4, 0.5) is 0 Å². The highest BCUT2D eigenvalue weighted by Crippen LogP contribution is 2.20. The Kier molecular flexibility index (Phi) is 5.89. The summed E-state index contributed by atoms with van der Waals surface area (Å²) in [5.74, 6) is 8.69. The minimum absolute atomic E-state index is 0.324. The second-order valence-corrected chi connectivity index (χ2v) is 6.71. The van der Waals surface area contributed by atoms with Crippen LogP contribution in [-0.2, 0) is 6.42 Å². The Morgan fingerprint density at radius 1 is 1.05 bits per heavy atom. The number of nitrogens with two attached hydrogens (primary N) is 1. The Bertz CT molecular complexity index is 534. The van der Waals surface area contributed by atoms with Crippen LogP contribution in [0.15, 0.2) is 42.5 Å². The maximum atomic E-state index is 5.72. The molecule has 0 aliphatic carbocycles. The van der Waals surface area contributed by atoms with E-state index in [1.807, 2.05) is 11.8 Å². The van der Waals surface area contributed by atoms with E-state index in [9.17, 15) is 0 Å². The first kappa shape index (κ1) is 15.4. The standard InChI is InChI=1S/C17H24N2S/c1-13(2)11-20-12-16(19-18)10-15-8-5-7-14-6-3-4-9-17(14)15/h3-9,13,16,19H,10-12,18H2,1-2H3. The molecule has 0 aromatic heterocycles. The Morgan fingerprint density at radius 2 is 1.80 bits per heavy atom. The van der Waals surface area contributed by atoms with Gasteiger partial charge in [0.1, 0.15) is 0 Å². The third kappa shape index (κ3) is 4.23. The summed E-state index contributed by atoms with van der Waals surface area (Å²) in [6.45, 7) is 4.51. The Morgan fingerprint density at radius 3 is 2.55 bits per heavy atom. The van der Waals surface area contributed by atoms with Gasteiger partial charge in [-0.05, 0) is 34.4 Å². The number of hydrogen-bond donors (Lipinski definition) is 2.